The first-order valence-electron chi connectivity index (χ1n) is 10.7. The normalized spacial score (nSPS) is 11.8. The predicted octanol–water partition coefficient (Wildman–Crippen LogP) is 5.03. The van der Waals surface area contributed by atoms with Gasteiger partial charge in [0, 0.05) is 41.1 Å². The summed E-state index contributed by atoms with van der Waals surface area (Å²) >= 11 is 1.02. The van der Waals surface area contributed by atoms with Crippen molar-refractivity contribution in [3.05, 3.63) is 65.6 Å². The molecule has 0 fully saturated rings. The van der Waals surface area contributed by atoms with E-state index in [9.17, 15) is 4.39 Å². The van der Waals surface area contributed by atoms with Crippen LogP contribution >= 0.6 is 11.3 Å². The Balaban J connectivity index is 1.49. The van der Waals surface area contributed by atoms with Crippen LogP contribution in [0.3, 0.4) is 0 Å². The molecule has 11 heteroatoms. The molecule has 0 saturated heterocycles. The van der Waals surface area contributed by atoms with Gasteiger partial charge in [-0.1, -0.05) is 0 Å². The van der Waals surface area contributed by atoms with E-state index in [1.54, 1.807) is 36.9 Å². The van der Waals surface area contributed by atoms with Crippen LogP contribution in [0, 0.1) is 10.9 Å². The summed E-state index contributed by atoms with van der Waals surface area (Å²) in [6.45, 7) is 0.671. The van der Waals surface area contributed by atoms with E-state index < -0.39 is 5.82 Å². The van der Waals surface area contributed by atoms with Gasteiger partial charge in [-0.3, -0.25) is 15.1 Å². The molecule has 0 aromatic carbocycles. The van der Waals surface area contributed by atoms with Gasteiger partial charge in [0.2, 0.25) is 0 Å². The van der Waals surface area contributed by atoms with E-state index in [0.29, 0.717) is 40.3 Å². The highest BCUT2D eigenvalue weighted by Gasteiger charge is 2.22. The van der Waals surface area contributed by atoms with Crippen molar-refractivity contribution in [3.8, 4) is 33.2 Å². The molecule has 6 rings (SSSR count). The van der Waals surface area contributed by atoms with Crippen LogP contribution in [-0.2, 0) is 6.54 Å². The van der Waals surface area contributed by atoms with Crippen molar-refractivity contribution in [3.63, 3.8) is 0 Å². The number of pyridine rings is 3. The highest BCUT2D eigenvalue weighted by molar-refractivity contribution is 7.14. The molecule has 0 saturated carbocycles. The SMILES string of the molecule is CN(C)Cc1cncc(-c2ncc3[nH]nc(-c4nc5c(-c6ccc(F)s6)ccnc5[nH]4)c3c2F)c1. The Bertz CT molecular complexity index is 1700. The monoisotopic (exact) mass is 488 g/mol. The van der Waals surface area contributed by atoms with Gasteiger partial charge in [-0.15, -0.1) is 11.3 Å². The van der Waals surface area contributed by atoms with Gasteiger partial charge < -0.3 is 9.88 Å². The molecule has 6 heterocycles. The van der Waals surface area contributed by atoms with E-state index >= 15 is 4.39 Å². The maximum atomic E-state index is 15.9. The van der Waals surface area contributed by atoms with E-state index in [-0.39, 0.29) is 16.2 Å². The number of hydrogen-bond acceptors (Lipinski definition) is 7. The summed E-state index contributed by atoms with van der Waals surface area (Å²) in [4.78, 5) is 23.5. The number of nitrogens with one attached hydrogen (secondary N) is 2. The number of aromatic nitrogens is 7. The number of fused-ring (bicyclic) bond motifs is 2. The number of imidazole rings is 1. The highest BCUT2D eigenvalue weighted by Crippen LogP contribution is 2.35. The van der Waals surface area contributed by atoms with E-state index in [1.807, 2.05) is 25.1 Å². The van der Waals surface area contributed by atoms with Crippen molar-refractivity contribution >= 4 is 33.4 Å². The van der Waals surface area contributed by atoms with E-state index in [4.69, 9.17) is 0 Å². The van der Waals surface area contributed by atoms with Crippen molar-refractivity contribution < 1.29 is 8.78 Å². The minimum absolute atomic E-state index is 0.178. The van der Waals surface area contributed by atoms with Gasteiger partial charge in [-0.2, -0.15) is 9.49 Å². The van der Waals surface area contributed by atoms with Gasteiger partial charge in [0.1, 0.15) is 16.9 Å². The van der Waals surface area contributed by atoms with Crippen LogP contribution in [0.5, 0.6) is 0 Å². The van der Waals surface area contributed by atoms with Crippen molar-refractivity contribution in [1.29, 1.82) is 0 Å². The summed E-state index contributed by atoms with van der Waals surface area (Å²) in [6.07, 6.45) is 6.51. The smallest absolute Gasteiger partial charge is 0.176 e. The molecule has 0 bridgehead atoms. The molecule has 0 atom stereocenters. The average molecular weight is 489 g/mol. The molecular weight excluding hydrogens is 470 g/mol. The highest BCUT2D eigenvalue weighted by atomic mass is 32.1. The second-order valence-corrected chi connectivity index (χ2v) is 9.38. The third kappa shape index (κ3) is 3.74. The number of rotatable bonds is 5. The number of H-pyrrole nitrogens is 2. The van der Waals surface area contributed by atoms with Crippen molar-refractivity contribution in [2.45, 2.75) is 6.54 Å². The number of nitrogens with zero attached hydrogens (tertiary/aromatic N) is 6. The largest absolute Gasteiger partial charge is 0.321 e. The van der Waals surface area contributed by atoms with Gasteiger partial charge in [-0.05, 0) is 43.9 Å². The molecule has 0 spiro atoms. The number of hydrogen-bond donors (Lipinski definition) is 2. The first-order valence-corrected chi connectivity index (χ1v) is 11.5. The Morgan fingerprint density at radius 1 is 1.03 bits per heavy atom. The molecule has 0 amide bonds. The van der Waals surface area contributed by atoms with Crippen LogP contribution in [0.1, 0.15) is 5.56 Å². The predicted molar refractivity (Wildman–Crippen MR) is 131 cm³/mol. The summed E-state index contributed by atoms with van der Waals surface area (Å²) in [6, 6.07) is 6.76. The van der Waals surface area contributed by atoms with Crippen molar-refractivity contribution in [2.24, 2.45) is 0 Å². The molecule has 0 aliphatic carbocycles. The lowest BCUT2D eigenvalue weighted by Gasteiger charge is -2.10. The lowest BCUT2D eigenvalue weighted by molar-refractivity contribution is 0.402. The topological polar surface area (TPSA) is 99.3 Å². The first kappa shape index (κ1) is 21.4. The van der Waals surface area contributed by atoms with Crippen LogP contribution < -0.4 is 0 Å². The fourth-order valence-corrected chi connectivity index (χ4v) is 4.85. The third-order valence-electron chi connectivity index (χ3n) is 5.56. The Morgan fingerprint density at radius 2 is 1.91 bits per heavy atom. The standard InChI is InChI=1S/C24H18F2N8S/c1-34(2)11-12-7-13(9-27-8-12)20-19(26)18-15(10-29-20)32-33-22(18)24-30-21-14(5-6-28-23(21)31-24)16-3-4-17(25)35-16/h3-10H,11H2,1-2H3,(H,32,33)(H,28,30,31). The van der Waals surface area contributed by atoms with Crippen molar-refractivity contribution in [2.75, 3.05) is 14.1 Å². The Labute approximate surface area is 201 Å². The van der Waals surface area contributed by atoms with Crippen LogP contribution in [0.2, 0.25) is 0 Å². The molecule has 0 unspecified atom stereocenters. The summed E-state index contributed by atoms with van der Waals surface area (Å²) in [5.41, 5.74) is 4.22. The Hall–Kier alpha value is -4.09. The summed E-state index contributed by atoms with van der Waals surface area (Å²) in [5, 5.41) is 7.12. The Kier molecular flexibility index (Phi) is 5.08. The fraction of sp³-hybridized carbons (Fsp3) is 0.125. The summed E-state index contributed by atoms with van der Waals surface area (Å²) < 4.78 is 29.5. The van der Waals surface area contributed by atoms with E-state index in [1.165, 1.54) is 6.07 Å². The van der Waals surface area contributed by atoms with Crippen LogP contribution in [0.4, 0.5) is 8.78 Å². The van der Waals surface area contributed by atoms with Crippen LogP contribution in [0.25, 0.3) is 55.3 Å². The molecule has 174 valence electrons. The number of thiophene rings is 1. The zero-order valence-electron chi connectivity index (χ0n) is 18.7. The molecular formula is C24H18F2N8S. The van der Waals surface area contributed by atoms with E-state index in [0.717, 1.165) is 27.3 Å². The van der Waals surface area contributed by atoms with Crippen LogP contribution in [0.15, 0.2) is 49.1 Å². The molecule has 0 aliphatic heterocycles. The first-order chi connectivity index (χ1) is 17.0. The molecule has 6 aromatic rings. The zero-order valence-corrected chi connectivity index (χ0v) is 19.5. The minimum atomic E-state index is -0.524. The van der Waals surface area contributed by atoms with Crippen molar-refractivity contribution in [1.82, 2.24) is 40.0 Å². The molecule has 6 aromatic heterocycles. The lowest BCUT2D eigenvalue weighted by Crippen LogP contribution is -2.10. The number of aromatic amines is 2. The minimum Gasteiger partial charge on any atom is -0.321 e. The zero-order chi connectivity index (χ0) is 24.1. The van der Waals surface area contributed by atoms with Gasteiger partial charge in [0.25, 0.3) is 0 Å². The maximum absolute atomic E-state index is 15.9. The van der Waals surface area contributed by atoms with Gasteiger partial charge in [0.15, 0.2) is 22.4 Å². The van der Waals surface area contributed by atoms with Gasteiger partial charge in [-0.25, -0.2) is 14.4 Å². The van der Waals surface area contributed by atoms with E-state index in [2.05, 4.69) is 35.1 Å². The second kappa shape index (κ2) is 8.29. The van der Waals surface area contributed by atoms with Crippen LogP contribution in [-0.4, -0.2) is 54.1 Å². The maximum Gasteiger partial charge on any atom is 0.176 e. The molecule has 0 aliphatic rings. The lowest BCUT2D eigenvalue weighted by atomic mass is 10.1. The summed E-state index contributed by atoms with van der Waals surface area (Å²) in [7, 11) is 3.91. The Morgan fingerprint density at radius 3 is 2.71 bits per heavy atom. The molecule has 0 radical (unpaired) electrons. The quantitative estimate of drug-likeness (QED) is 0.353. The molecule has 35 heavy (non-hydrogen) atoms. The number of halogens is 2. The second-order valence-electron chi connectivity index (χ2n) is 8.35. The average Bonchev–Trinajstić information content (AvgIpc) is 3.56. The molecule has 2 N–H and O–H groups in total. The molecule has 8 nitrogen and oxygen atoms in total. The van der Waals surface area contributed by atoms with Gasteiger partial charge in [0.05, 0.1) is 17.1 Å². The fourth-order valence-electron chi connectivity index (χ4n) is 4.10. The summed E-state index contributed by atoms with van der Waals surface area (Å²) in [5.74, 6) is -0.178. The third-order valence-corrected chi connectivity index (χ3v) is 6.47. The van der Waals surface area contributed by atoms with Gasteiger partial charge >= 0.3 is 0 Å².